The lowest BCUT2D eigenvalue weighted by atomic mass is 9.80. The Kier molecular flexibility index (Phi) is 1.36. The maximum Gasteiger partial charge on any atom is 0.134 e. The van der Waals surface area contributed by atoms with Gasteiger partial charge in [-0.05, 0) is 13.0 Å². The van der Waals surface area contributed by atoms with Crippen molar-refractivity contribution in [3.05, 3.63) is 12.2 Å². The lowest BCUT2D eigenvalue weighted by Crippen LogP contribution is -2.59. The number of hydrogen-bond acceptors (Lipinski definition) is 3. The predicted molar refractivity (Wildman–Crippen MR) is 39.0 cm³/mol. The minimum atomic E-state index is -1.14. The summed E-state index contributed by atoms with van der Waals surface area (Å²) in [5, 5.41) is 19.2. The summed E-state index contributed by atoms with van der Waals surface area (Å²) in [4.78, 5) is 0. The van der Waals surface area contributed by atoms with E-state index in [0.717, 1.165) is 0 Å². The van der Waals surface area contributed by atoms with E-state index < -0.39 is 11.7 Å². The molecule has 2 aliphatic heterocycles. The Morgan fingerprint density at radius 3 is 2.82 bits per heavy atom. The molecule has 0 aromatic heterocycles. The first-order valence-corrected chi connectivity index (χ1v) is 3.88. The molecule has 11 heavy (non-hydrogen) atoms. The van der Waals surface area contributed by atoms with E-state index in [9.17, 15) is 10.2 Å². The third kappa shape index (κ3) is 0.851. The van der Waals surface area contributed by atoms with Crippen LogP contribution in [0, 0.1) is 0 Å². The summed E-state index contributed by atoms with van der Waals surface area (Å²) >= 11 is 0. The fourth-order valence-electron chi connectivity index (χ4n) is 1.74. The normalized spacial score (nSPS) is 55.0. The zero-order valence-electron chi connectivity index (χ0n) is 6.40. The highest BCUT2D eigenvalue weighted by Crippen LogP contribution is 2.35. The fraction of sp³-hybridized carbons (Fsp3) is 0.750. The Morgan fingerprint density at radius 1 is 1.64 bits per heavy atom. The molecule has 1 aliphatic carbocycles. The summed E-state index contributed by atoms with van der Waals surface area (Å²) in [5.41, 5.74) is -1.14. The third-order valence-corrected chi connectivity index (χ3v) is 2.60. The summed E-state index contributed by atoms with van der Waals surface area (Å²) in [6.45, 7) is 1.78. The van der Waals surface area contributed by atoms with Gasteiger partial charge in [0.1, 0.15) is 5.60 Å². The number of hydrogen-bond donors (Lipinski definition) is 2. The van der Waals surface area contributed by atoms with Crippen LogP contribution >= 0.6 is 0 Å². The molecule has 0 aromatic rings. The van der Waals surface area contributed by atoms with Crippen molar-refractivity contribution in [1.82, 2.24) is 0 Å². The molecule has 1 saturated heterocycles. The van der Waals surface area contributed by atoms with E-state index in [0.29, 0.717) is 6.42 Å². The van der Waals surface area contributed by atoms with Crippen molar-refractivity contribution >= 4 is 0 Å². The molecular formula is C8H12O3. The molecule has 0 spiro atoms. The van der Waals surface area contributed by atoms with E-state index in [1.165, 1.54) is 0 Å². The maximum atomic E-state index is 9.79. The summed E-state index contributed by atoms with van der Waals surface area (Å²) < 4.78 is 5.36. The fourth-order valence-corrected chi connectivity index (χ4v) is 1.74. The highest BCUT2D eigenvalue weighted by molar-refractivity contribution is 5.19. The van der Waals surface area contributed by atoms with E-state index in [2.05, 4.69) is 0 Å². The second-order valence-corrected chi connectivity index (χ2v) is 3.31. The first kappa shape index (κ1) is 7.28. The summed E-state index contributed by atoms with van der Waals surface area (Å²) in [5.74, 6) is 0. The Balaban J connectivity index is 2.35. The molecule has 2 N–H and O–H groups in total. The Morgan fingerprint density at radius 2 is 2.36 bits per heavy atom. The standard InChI is InChI=1S/C8H12O3/c1-5-8(10)3-2-6(11-5)4-7(8)9/h2-3,5-7,9-10H,4H2,1H3. The van der Waals surface area contributed by atoms with Crippen LogP contribution in [0.3, 0.4) is 0 Å². The molecule has 2 bridgehead atoms. The Labute approximate surface area is 65.3 Å². The minimum absolute atomic E-state index is 0.00553. The SMILES string of the molecule is CC1OC2C=CC1(O)C(O)C2. The molecule has 3 rings (SSSR count). The number of aliphatic hydroxyl groups is 2. The first-order valence-electron chi connectivity index (χ1n) is 3.88. The third-order valence-electron chi connectivity index (χ3n) is 2.60. The van der Waals surface area contributed by atoms with Crippen LogP contribution in [0.25, 0.3) is 0 Å². The van der Waals surface area contributed by atoms with Crippen LogP contribution in [0.15, 0.2) is 12.2 Å². The van der Waals surface area contributed by atoms with Gasteiger partial charge in [-0.25, -0.2) is 0 Å². The van der Waals surface area contributed by atoms with Crippen LogP contribution in [-0.2, 0) is 4.74 Å². The summed E-state index contributed by atoms with van der Waals surface area (Å²) in [6, 6.07) is 0. The molecule has 0 amide bonds. The van der Waals surface area contributed by atoms with Gasteiger partial charge < -0.3 is 14.9 Å². The van der Waals surface area contributed by atoms with Crippen molar-refractivity contribution in [1.29, 1.82) is 0 Å². The molecule has 62 valence electrons. The van der Waals surface area contributed by atoms with Gasteiger partial charge in [-0.15, -0.1) is 0 Å². The van der Waals surface area contributed by atoms with Gasteiger partial charge in [-0.3, -0.25) is 0 Å². The van der Waals surface area contributed by atoms with Gasteiger partial charge in [-0.1, -0.05) is 6.08 Å². The van der Waals surface area contributed by atoms with E-state index in [4.69, 9.17) is 4.74 Å². The topological polar surface area (TPSA) is 49.7 Å². The number of aliphatic hydroxyl groups excluding tert-OH is 1. The van der Waals surface area contributed by atoms with Crippen molar-refractivity contribution < 1.29 is 14.9 Å². The smallest absolute Gasteiger partial charge is 0.134 e. The zero-order chi connectivity index (χ0) is 8.06. The van der Waals surface area contributed by atoms with Crippen molar-refractivity contribution in [3.8, 4) is 0 Å². The second kappa shape index (κ2) is 2.06. The van der Waals surface area contributed by atoms with Crippen LogP contribution in [0.1, 0.15) is 13.3 Å². The van der Waals surface area contributed by atoms with E-state index in [-0.39, 0.29) is 12.2 Å². The summed E-state index contributed by atoms with van der Waals surface area (Å²) in [6.07, 6.45) is 3.01. The van der Waals surface area contributed by atoms with Gasteiger partial charge in [0.2, 0.25) is 0 Å². The van der Waals surface area contributed by atoms with Crippen molar-refractivity contribution in [3.63, 3.8) is 0 Å². The van der Waals surface area contributed by atoms with Crippen molar-refractivity contribution in [2.24, 2.45) is 0 Å². The molecule has 3 nitrogen and oxygen atoms in total. The largest absolute Gasteiger partial charge is 0.390 e. The Bertz CT molecular complexity index is 188. The molecule has 2 heterocycles. The number of rotatable bonds is 0. The van der Waals surface area contributed by atoms with Crippen molar-refractivity contribution in [2.75, 3.05) is 0 Å². The van der Waals surface area contributed by atoms with Gasteiger partial charge in [-0.2, -0.15) is 0 Å². The van der Waals surface area contributed by atoms with Gasteiger partial charge in [0.25, 0.3) is 0 Å². The highest BCUT2D eigenvalue weighted by atomic mass is 16.5. The molecule has 0 aromatic carbocycles. The van der Waals surface area contributed by atoms with Crippen LogP contribution in [-0.4, -0.2) is 34.1 Å². The average molecular weight is 156 g/mol. The van der Waals surface area contributed by atoms with Crippen molar-refractivity contribution in [2.45, 2.75) is 37.3 Å². The van der Waals surface area contributed by atoms with E-state index >= 15 is 0 Å². The van der Waals surface area contributed by atoms with Crippen LogP contribution < -0.4 is 0 Å². The zero-order valence-corrected chi connectivity index (χ0v) is 6.40. The molecule has 3 aliphatic rings. The van der Waals surface area contributed by atoms with Gasteiger partial charge >= 0.3 is 0 Å². The van der Waals surface area contributed by atoms with Gasteiger partial charge in [0.15, 0.2) is 0 Å². The monoisotopic (exact) mass is 156 g/mol. The molecular weight excluding hydrogens is 144 g/mol. The lowest BCUT2D eigenvalue weighted by Gasteiger charge is -2.46. The molecule has 0 saturated carbocycles. The minimum Gasteiger partial charge on any atom is -0.390 e. The predicted octanol–water partition coefficient (Wildman–Crippen LogP) is -0.174. The molecule has 0 radical (unpaired) electrons. The molecule has 3 heteroatoms. The van der Waals surface area contributed by atoms with E-state index in [1.54, 1.807) is 13.0 Å². The van der Waals surface area contributed by atoms with E-state index in [1.807, 2.05) is 6.08 Å². The lowest BCUT2D eigenvalue weighted by molar-refractivity contribution is -0.199. The maximum absolute atomic E-state index is 9.79. The summed E-state index contributed by atoms with van der Waals surface area (Å²) in [7, 11) is 0. The second-order valence-electron chi connectivity index (χ2n) is 3.31. The van der Waals surface area contributed by atoms with Gasteiger partial charge in [0.05, 0.1) is 18.3 Å². The highest BCUT2D eigenvalue weighted by Gasteiger charge is 2.48. The number of fused-ring (bicyclic) bond motifs is 2. The van der Waals surface area contributed by atoms with Gasteiger partial charge in [0, 0.05) is 6.42 Å². The van der Waals surface area contributed by atoms with Crippen LogP contribution in [0.4, 0.5) is 0 Å². The van der Waals surface area contributed by atoms with Crippen LogP contribution in [0.5, 0.6) is 0 Å². The first-order chi connectivity index (χ1) is 5.13. The molecule has 1 fully saturated rings. The molecule has 4 atom stereocenters. The number of ether oxygens (including phenoxy) is 1. The average Bonchev–Trinajstić information content (AvgIpc) is 1.94. The quantitative estimate of drug-likeness (QED) is 0.478. The Hall–Kier alpha value is -0.380. The molecule has 4 unspecified atom stereocenters. The van der Waals surface area contributed by atoms with Crippen LogP contribution in [0.2, 0.25) is 0 Å².